The molecule has 0 fully saturated rings. The standard InChI is InChI=1S/C38H18/c1-3-19-7-9-25-17-29-30-18-26-10-8-20-4-2-6-22-16-24-12-14-28(38(30)36(24)34(26)32(20)22)27-13-11-23-15-21(5-1)31(19)33(25)35(23)37(27)29/h1-18H. The van der Waals surface area contributed by atoms with Crippen molar-refractivity contribution in [1.29, 1.82) is 0 Å². The van der Waals surface area contributed by atoms with Crippen LogP contribution in [-0.2, 0) is 0 Å². The van der Waals surface area contributed by atoms with Gasteiger partial charge in [0.05, 0.1) is 0 Å². The van der Waals surface area contributed by atoms with Gasteiger partial charge in [0.15, 0.2) is 0 Å². The van der Waals surface area contributed by atoms with Crippen molar-refractivity contribution in [3.8, 4) is 0 Å². The van der Waals surface area contributed by atoms with Crippen LogP contribution in [0.5, 0.6) is 0 Å². The van der Waals surface area contributed by atoms with E-state index in [1.807, 2.05) is 0 Å². The Kier molecular flexibility index (Phi) is 2.79. The van der Waals surface area contributed by atoms with Gasteiger partial charge < -0.3 is 0 Å². The Hall–Kier alpha value is -4.94. The lowest BCUT2D eigenvalue weighted by Gasteiger charge is -2.22. The van der Waals surface area contributed by atoms with Crippen molar-refractivity contribution in [2.45, 2.75) is 0 Å². The molecule has 0 heterocycles. The first kappa shape index (κ1) is 18.3. The highest BCUT2D eigenvalue weighted by Gasteiger charge is 2.22. The second kappa shape index (κ2) is 5.79. The third-order valence-electron chi connectivity index (χ3n) is 9.54. The van der Waals surface area contributed by atoms with Gasteiger partial charge in [-0.1, -0.05) is 84.9 Å². The van der Waals surface area contributed by atoms with Gasteiger partial charge in [0.25, 0.3) is 0 Å². The summed E-state index contributed by atoms with van der Waals surface area (Å²) in [5.74, 6) is 0. The molecule has 11 aromatic carbocycles. The molecule has 0 bridgehead atoms. The summed E-state index contributed by atoms with van der Waals surface area (Å²) in [6.07, 6.45) is 0. The van der Waals surface area contributed by atoms with Crippen LogP contribution < -0.4 is 0 Å². The summed E-state index contributed by atoms with van der Waals surface area (Å²) in [4.78, 5) is 0. The van der Waals surface area contributed by atoms with Gasteiger partial charge in [-0.3, -0.25) is 0 Å². The number of hydrogen-bond acceptors (Lipinski definition) is 0. The topological polar surface area (TPSA) is 0 Å². The Morgan fingerprint density at radius 1 is 0.211 bits per heavy atom. The largest absolute Gasteiger partial charge is 0.0610 e. The van der Waals surface area contributed by atoms with Crippen molar-refractivity contribution in [3.05, 3.63) is 109 Å². The molecule has 0 nitrogen and oxygen atoms in total. The fourth-order valence-corrected chi connectivity index (χ4v) is 8.11. The van der Waals surface area contributed by atoms with Crippen LogP contribution in [0.3, 0.4) is 0 Å². The van der Waals surface area contributed by atoms with E-state index in [0.717, 1.165) is 0 Å². The lowest BCUT2D eigenvalue weighted by atomic mass is 9.81. The van der Waals surface area contributed by atoms with Gasteiger partial charge in [0.2, 0.25) is 0 Å². The maximum Gasteiger partial charge on any atom is -0.00136 e. The molecule has 0 aliphatic carbocycles. The molecule has 0 aromatic heterocycles. The monoisotopic (exact) mass is 474 g/mol. The molecule has 0 saturated carbocycles. The average molecular weight is 475 g/mol. The van der Waals surface area contributed by atoms with E-state index < -0.39 is 0 Å². The van der Waals surface area contributed by atoms with Crippen molar-refractivity contribution in [1.82, 2.24) is 0 Å². The van der Waals surface area contributed by atoms with Gasteiger partial charge in [-0.25, -0.2) is 0 Å². The molecule has 11 rings (SSSR count). The first-order chi connectivity index (χ1) is 18.8. The predicted octanol–water partition coefficient (Wildman–Crippen LogP) is 11.0. The zero-order chi connectivity index (χ0) is 24.3. The zero-order valence-electron chi connectivity index (χ0n) is 20.4. The van der Waals surface area contributed by atoms with Crippen LogP contribution in [0.1, 0.15) is 0 Å². The predicted molar refractivity (Wildman–Crippen MR) is 166 cm³/mol. The van der Waals surface area contributed by atoms with Gasteiger partial charge in [0.1, 0.15) is 0 Å². The van der Waals surface area contributed by atoms with Crippen molar-refractivity contribution in [2.24, 2.45) is 0 Å². The van der Waals surface area contributed by atoms with E-state index in [9.17, 15) is 0 Å². The van der Waals surface area contributed by atoms with Crippen LogP contribution in [-0.4, -0.2) is 0 Å². The molecule has 38 heavy (non-hydrogen) atoms. The van der Waals surface area contributed by atoms with Crippen molar-refractivity contribution in [3.63, 3.8) is 0 Å². The zero-order valence-corrected chi connectivity index (χ0v) is 20.4. The summed E-state index contributed by atoms with van der Waals surface area (Å²) >= 11 is 0. The smallest absolute Gasteiger partial charge is 0.00136 e. The number of hydrogen-bond donors (Lipinski definition) is 0. The first-order valence-electron chi connectivity index (χ1n) is 13.4. The molecule has 0 radical (unpaired) electrons. The van der Waals surface area contributed by atoms with E-state index in [2.05, 4.69) is 109 Å². The van der Waals surface area contributed by atoms with Crippen LogP contribution >= 0.6 is 0 Å². The minimum absolute atomic E-state index is 1.33. The lowest BCUT2D eigenvalue weighted by molar-refractivity contribution is 1.80. The summed E-state index contributed by atoms with van der Waals surface area (Å²) in [7, 11) is 0. The highest BCUT2D eigenvalue weighted by atomic mass is 14.2. The maximum absolute atomic E-state index is 2.48. The highest BCUT2D eigenvalue weighted by Crippen LogP contribution is 2.50. The third kappa shape index (κ3) is 1.85. The van der Waals surface area contributed by atoms with Crippen LogP contribution in [0.25, 0.3) is 108 Å². The lowest BCUT2D eigenvalue weighted by Crippen LogP contribution is -1.93. The van der Waals surface area contributed by atoms with E-state index in [0.29, 0.717) is 0 Å². The Bertz CT molecular complexity index is 2570. The van der Waals surface area contributed by atoms with Crippen LogP contribution in [0.15, 0.2) is 109 Å². The molecule has 0 unspecified atom stereocenters. The van der Waals surface area contributed by atoms with Crippen molar-refractivity contribution < 1.29 is 0 Å². The van der Waals surface area contributed by atoms with Gasteiger partial charge in [0, 0.05) is 0 Å². The second-order valence-electron chi connectivity index (χ2n) is 11.3. The molecular formula is C38H18. The minimum Gasteiger partial charge on any atom is -0.0610 e. The Morgan fingerprint density at radius 3 is 1.05 bits per heavy atom. The summed E-state index contributed by atoms with van der Waals surface area (Å²) in [5, 5.41) is 27.4. The van der Waals surface area contributed by atoms with Gasteiger partial charge in [-0.15, -0.1) is 0 Å². The van der Waals surface area contributed by atoms with Crippen LogP contribution in [0.4, 0.5) is 0 Å². The SMILES string of the molecule is c1cc2ccc3cc4c5cc6ccc7cccc8cc9ccc(c%10ccc%11cc(c1)c2c3c%11c%104)c5c9c6c78. The maximum atomic E-state index is 2.48. The van der Waals surface area contributed by atoms with E-state index in [-0.39, 0.29) is 0 Å². The number of rotatable bonds is 0. The Labute approximate surface area is 216 Å². The average Bonchev–Trinajstić information content (AvgIpc) is 2.96. The number of fused-ring (bicyclic) bond motifs is 2. The van der Waals surface area contributed by atoms with E-state index in [1.54, 1.807) is 0 Å². The fourth-order valence-electron chi connectivity index (χ4n) is 8.11. The molecule has 0 aliphatic heterocycles. The number of benzene rings is 11. The Balaban J connectivity index is 1.52. The second-order valence-corrected chi connectivity index (χ2v) is 11.3. The summed E-state index contributed by atoms with van der Waals surface area (Å²) in [6, 6.07) is 41.9. The van der Waals surface area contributed by atoms with Crippen molar-refractivity contribution in [2.75, 3.05) is 0 Å². The molecule has 0 spiro atoms. The van der Waals surface area contributed by atoms with E-state index >= 15 is 0 Å². The third-order valence-corrected chi connectivity index (χ3v) is 9.54. The minimum atomic E-state index is 1.33. The first-order valence-corrected chi connectivity index (χ1v) is 13.4. The molecule has 170 valence electrons. The molecule has 0 heteroatoms. The molecule has 0 amide bonds. The molecule has 0 aliphatic rings. The molecule has 0 N–H and O–H groups in total. The quantitative estimate of drug-likeness (QED) is 0.151. The molecular weight excluding hydrogens is 456 g/mol. The van der Waals surface area contributed by atoms with Crippen molar-refractivity contribution >= 4 is 108 Å². The fraction of sp³-hybridized carbons (Fsp3) is 0. The van der Waals surface area contributed by atoms with Crippen LogP contribution in [0.2, 0.25) is 0 Å². The molecule has 0 atom stereocenters. The highest BCUT2D eigenvalue weighted by molar-refractivity contribution is 6.46. The normalized spacial score (nSPS) is 13.3. The van der Waals surface area contributed by atoms with Gasteiger partial charge in [-0.2, -0.15) is 0 Å². The summed E-state index contributed by atoms with van der Waals surface area (Å²) < 4.78 is 0. The van der Waals surface area contributed by atoms with Crippen LogP contribution in [0, 0.1) is 0 Å². The van der Waals surface area contributed by atoms with E-state index in [4.69, 9.17) is 0 Å². The molecule has 0 saturated heterocycles. The Morgan fingerprint density at radius 2 is 0.553 bits per heavy atom. The summed E-state index contributed by atoms with van der Waals surface area (Å²) in [6.45, 7) is 0. The van der Waals surface area contributed by atoms with Gasteiger partial charge in [-0.05, 0) is 132 Å². The molecule has 11 aromatic rings. The van der Waals surface area contributed by atoms with Gasteiger partial charge >= 0.3 is 0 Å². The summed E-state index contributed by atoms with van der Waals surface area (Å²) in [5.41, 5.74) is 0. The van der Waals surface area contributed by atoms with E-state index in [1.165, 1.54) is 108 Å².